The zero-order chi connectivity index (χ0) is 21.7. The number of ether oxygens (including phenoxy) is 1. The summed E-state index contributed by atoms with van der Waals surface area (Å²) >= 11 is 0. The average molecular weight is 411 g/mol. The van der Waals surface area contributed by atoms with Crippen molar-refractivity contribution in [1.82, 2.24) is 0 Å². The first-order valence-corrected chi connectivity index (χ1v) is 11.4. The molecule has 0 aromatic rings. The molecule has 0 radical (unpaired) electrons. The summed E-state index contributed by atoms with van der Waals surface area (Å²) in [7, 11) is 0. The Morgan fingerprint density at radius 3 is 1.86 bits per heavy atom. The topological polar surface area (TPSA) is 112 Å². The van der Waals surface area contributed by atoms with E-state index in [1.54, 1.807) is 0 Å². The number of hydrogen-bond acceptors (Lipinski definition) is 5. The van der Waals surface area contributed by atoms with Crippen molar-refractivity contribution >= 4 is 17.8 Å². The summed E-state index contributed by atoms with van der Waals surface area (Å²) in [4.78, 5) is 33.9. The molecule has 0 aliphatic rings. The van der Waals surface area contributed by atoms with Crippen molar-refractivity contribution in [3.8, 4) is 0 Å². The number of allylic oxidation sites excluding steroid dienone is 2. The first-order valence-electron chi connectivity index (χ1n) is 11.4. The van der Waals surface area contributed by atoms with Gasteiger partial charge < -0.3 is 16.2 Å². The summed E-state index contributed by atoms with van der Waals surface area (Å²) in [5, 5.41) is 0. The van der Waals surface area contributed by atoms with Crippen molar-refractivity contribution in [2.24, 2.45) is 11.5 Å². The maximum absolute atomic E-state index is 11.6. The number of nitrogens with two attached hydrogens (primary N) is 2. The summed E-state index contributed by atoms with van der Waals surface area (Å²) in [5.74, 6) is -1.88. The number of hydrogen-bond donors (Lipinski definition) is 2. The SMILES string of the molecule is CCCCCCCC/C=C\CCCCCCCC(=O)OC(=O)C(N)CCC(N)=O. The zero-order valence-corrected chi connectivity index (χ0v) is 18.3. The minimum absolute atomic E-state index is 0.00130. The van der Waals surface area contributed by atoms with Gasteiger partial charge >= 0.3 is 11.9 Å². The number of esters is 2. The molecule has 0 aliphatic carbocycles. The Morgan fingerprint density at radius 2 is 1.31 bits per heavy atom. The lowest BCUT2D eigenvalue weighted by Crippen LogP contribution is -2.34. The number of primary amides is 1. The van der Waals surface area contributed by atoms with Gasteiger partial charge in [0.1, 0.15) is 6.04 Å². The van der Waals surface area contributed by atoms with Crippen LogP contribution in [0.4, 0.5) is 0 Å². The first kappa shape index (κ1) is 27.3. The van der Waals surface area contributed by atoms with E-state index in [9.17, 15) is 14.4 Å². The van der Waals surface area contributed by atoms with Gasteiger partial charge in [0, 0.05) is 12.8 Å². The van der Waals surface area contributed by atoms with Crippen LogP contribution in [0.3, 0.4) is 0 Å². The summed E-state index contributed by atoms with van der Waals surface area (Å²) in [6, 6.07) is -0.986. The van der Waals surface area contributed by atoms with Crippen molar-refractivity contribution in [2.75, 3.05) is 0 Å². The molecule has 0 aromatic carbocycles. The highest BCUT2D eigenvalue weighted by Gasteiger charge is 2.19. The lowest BCUT2D eigenvalue weighted by molar-refractivity contribution is -0.160. The number of carbonyl (C=O) groups is 3. The lowest BCUT2D eigenvalue weighted by atomic mass is 10.1. The summed E-state index contributed by atoms with van der Waals surface area (Å²) in [5.41, 5.74) is 10.6. The molecule has 6 heteroatoms. The highest BCUT2D eigenvalue weighted by atomic mass is 16.6. The van der Waals surface area contributed by atoms with Crippen LogP contribution in [0.25, 0.3) is 0 Å². The maximum Gasteiger partial charge on any atom is 0.330 e. The fourth-order valence-corrected chi connectivity index (χ4v) is 2.99. The van der Waals surface area contributed by atoms with Crippen LogP contribution < -0.4 is 11.5 Å². The fourth-order valence-electron chi connectivity index (χ4n) is 2.99. The molecular weight excluding hydrogens is 368 g/mol. The van der Waals surface area contributed by atoms with Crippen LogP contribution in [0, 0.1) is 0 Å². The van der Waals surface area contributed by atoms with Crippen LogP contribution in [-0.4, -0.2) is 23.9 Å². The monoisotopic (exact) mass is 410 g/mol. The van der Waals surface area contributed by atoms with Gasteiger partial charge in [-0.1, -0.05) is 70.4 Å². The highest BCUT2D eigenvalue weighted by molar-refractivity contribution is 5.88. The van der Waals surface area contributed by atoms with Crippen molar-refractivity contribution < 1.29 is 19.1 Å². The predicted octanol–water partition coefficient (Wildman–Crippen LogP) is 4.69. The molecule has 0 rings (SSSR count). The molecule has 0 bridgehead atoms. The van der Waals surface area contributed by atoms with Crippen LogP contribution in [0.15, 0.2) is 12.2 Å². The normalized spacial score (nSPS) is 12.2. The van der Waals surface area contributed by atoms with Crippen molar-refractivity contribution in [3.05, 3.63) is 12.2 Å². The van der Waals surface area contributed by atoms with Gasteiger partial charge in [-0.05, 0) is 38.5 Å². The minimum atomic E-state index is -0.986. The first-order chi connectivity index (χ1) is 14.0. The molecular formula is C23H42N2O4. The van der Waals surface area contributed by atoms with Gasteiger partial charge in [-0.25, -0.2) is 4.79 Å². The quantitative estimate of drug-likeness (QED) is 0.139. The van der Waals surface area contributed by atoms with Crippen LogP contribution in [-0.2, 0) is 19.1 Å². The minimum Gasteiger partial charge on any atom is -0.392 e. The van der Waals surface area contributed by atoms with E-state index >= 15 is 0 Å². The fraction of sp³-hybridized carbons (Fsp3) is 0.783. The van der Waals surface area contributed by atoms with Crippen LogP contribution in [0.2, 0.25) is 0 Å². The largest absolute Gasteiger partial charge is 0.392 e. The molecule has 1 unspecified atom stereocenters. The van der Waals surface area contributed by atoms with E-state index in [1.807, 2.05) is 0 Å². The van der Waals surface area contributed by atoms with E-state index in [0.717, 1.165) is 25.7 Å². The number of carbonyl (C=O) groups excluding carboxylic acids is 3. The number of amides is 1. The molecule has 1 atom stereocenters. The summed E-state index contributed by atoms with van der Waals surface area (Å²) in [6.07, 6.45) is 20.3. The van der Waals surface area contributed by atoms with Crippen molar-refractivity contribution in [1.29, 1.82) is 0 Å². The third kappa shape index (κ3) is 19.4. The maximum atomic E-state index is 11.6. The van der Waals surface area contributed by atoms with Gasteiger partial charge in [0.05, 0.1) is 0 Å². The summed E-state index contributed by atoms with van der Waals surface area (Å²) in [6.45, 7) is 2.24. The second kappa shape index (κ2) is 19.6. The standard InChI is InChI=1S/C23H42N2O4/c1-2-3-4-5-6-7-8-9-10-11-12-13-14-15-16-17-22(27)29-23(28)20(24)18-19-21(25)26/h9-10,20H,2-8,11-19,24H2,1H3,(H2,25,26)/b10-9-. The molecule has 168 valence electrons. The molecule has 29 heavy (non-hydrogen) atoms. The van der Waals surface area contributed by atoms with E-state index in [1.165, 1.54) is 51.4 Å². The second-order valence-electron chi connectivity index (χ2n) is 7.74. The molecule has 0 aromatic heterocycles. The molecule has 0 saturated heterocycles. The van der Waals surface area contributed by atoms with Gasteiger partial charge in [0.15, 0.2) is 0 Å². The van der Waals surface area contributed by atoms with Gasteiger partial charge in [-0.3, -0.25) is 9.59 Å². The van der Waals surface area contributed by atoms with E-state index in [0.29, 0.717) is 6.42 Å². The van der Waals surface area contributed by atoms with E-state index in [-0.39, 0.29) is 19.3 Å². The van der Waals surface area contributed by atoms with Crippen LogP contribution in [0.1, 0.15) is 110 Å². The Hall–Kier alpha value is -1.69. The van der Waals surface area contributed by atoms with Crippen molar-refractivity contribution in [3.63, 3.8) is 0 Å². The summed E-state index contributed by atoms with van der Waals surface area (Å²) < 4.78 is 4.70. The Morgan fingerprint density at radius 1 is 0.793 bits per heavy atom. The average Bonchev–Trinajstić information content (AvgIpc) is 2.68. The smallest absolute Gasteiger partial charge is 0.330 e. The molecule has 0 aliphatic heterocycles. The van der Waals surface area contributed by atoms with Gasteiger partial charge in [0.2, 0.25) is 5.91 Å². The van der Waals surface area contributed by atoms with Crippen molar-refractivity contribution in [2.45, 2.75) is 116 Å². The van der Waals surface area contributed by atoms with Crippen LogP contribution >= 0.6 is 0 Å². The molecule has 0 saturated carbocycles. The van der Waals surface area contributed by atoms with E-state index < -0.39 is 23.9 Å². The molecule has 4 N–H and O–H groups in total. The third-order valence-corrected chi connectivity index (χ3v) is 4.86. The Balaban J connectivity index is 3.47. The second-order valence-corrected chi connectivity index (χ2v) is 7.74. The Kier molecular flexibility index (Phi) is 18.5. The van der Waals surface area contributed by atoms with Gasteiger partial charge in [0.25, 0.3) is 0 Å². The van der Waals surface area contributed by atoms with Crippen LogP contribution in [0.5, 0.6) is 0 Å². The highest BCUT2D eigenvalue weighted by Crippen LogP contribution is 2.10. The van der Waals surface area contributed by atoms with Gasteiger partial charge in [-0.2, -0.15) is 0 Å². The van der Waals surface area contributed by atoms with E-state index in [4.69, 9.17) is 16.2 Å². The molecule has 0 heterocycles. The number of unbranched alkanes of at least 4 members (excludes halogenated alkanes) is 11. The molecule has 0 fully saturated rings. The Bertz CT molecular complexity index is 477. The molecule has 6 nitrogen and oxygen atoms in total. The van der Waals surface area contributed by atoms with E-state index in [2.05, 4.69) is 19.1 Å². The molecule has 1 amide bonds. The number of rotatable bonds is 19. The zero-order valence-electron chi connectivity index (χ0n) is 18.3. The third-order valence-electron chi connectivity index (χ3n) is 4.86. The van der Waals surface area contributed by atoms with Gasteiger partial charge in [-0.15, -0.1) is 0 Å². The lowest BCUT2D eigenvalue weighted by Gasteiger charge is -2.09. The Labute approximate surface area is 176 Å². The molecule has 0 spiro atoms. The predicted molar refractivity (Wildman–Crippen MR) is 117 cm³/mol.